The average molecular weight is 312 g/mol. The minimum Gasteiger partial charge on any atom is -0.478 e. The molecule has 0 bridgehead atoms. The van der Waals surface area contributed by atoms with Crippen molar-refractivity contribution in [3.05, 3.63) is 65.0 Å². The molecule has 1 N–H and O–H groups in total. The molecule has 0 atom stereocenters. The Morgan fingerprint density at radius 1 is 1.13 bits per heavy atom. The molecule has 0 unspecified atom stereocenters. The van der Waals surface area contributed by atoms with Crippen LogP contribution in [0.3, 0.4) is 0 Å². The van der Waals surface area contributed by atoms with Crippen LogP contribution in [-0.2, 0) is 4.74 Å². The summed E-state index contributed by atoms with van der Waals surface area (Å²) in [5, 5.41) is 7.65. The first-order chi connectivity index (χ1) is 11.0. The first-order valence-electron chi connectivity index (χ1n) is 7.03. The number of ether oxygens (including phenoxy) is 1. The number of nitrogens with zero attached hydrogens (tertiary/aromatic N) is 1. The predicted molar refractivity (Wildman–Crippen MR) is 82.4 cm³/mol. The Bertz CT molecular complexity index is 797. The summed E-state index contributed by atoms with van der Waals surface area (Å²) in [6, 6.07) is 10.2. The molecular formula is C17H13FN2O3. The quantitative estimate of drug-likeness (QED) is 0.538. The highest BCUT2D eigenvalue weighted by Crippen LogP contribution is 2.30. The number of carbonyl (C=O) groups excluding carboxylic acids is 2. The Hall–Kier alpha value is -3.02. The molecule has 5 nitrogen and oxygen atoms in total. The van der Waals surface area contributed by atoms with Crippen LogP contribution < -0.4 is 4.90 Å². The zero-order valence-corrected chi connectivity index (χ0v) is 12.3. The lowest BCUT2D eigenvalue weighted by atomic mass is 10.1. The summed E-state index contributed by atoms with van der Waals surface area (Å²) >= 11 is 0. The van der Waals surface area contributed by atoms with E-state index < -0.39 is 17.6 Å². The van der Waals surface area contributed by atoms with Crippen molar-refractivity contribution in [2.45, 2.75) is 6.92 Å². The highest BCUT2D eigenvalue weighted by Gasteiger charge is 2.37. The molecule has 1 aliphatic heterocycles. The van der Waals surface area contributed by atoms with E-state index >= 15 is 0 Å². The Balaban J connectivity index is 1.99. The molecule has 0 aliphatic carbocycles. The van der Waals surface area contributed by atoms with E-state index in [1.54, 1.807) is 19.1 Å². The van der Waals surface area contributed by atoms with Crippen molar-refractivity contribution in [2.75, 3.05) is 11.5 Å². The molecule has 3 rings (SSSR count). The van der Waals surface area contributed by atoms with E-state index in [0.29, 0.717) is 6.61 Å². The number of halogens is 1. The molecular weight excluding hydrogens is 299 g/mol. The first kappa shape index (κ1) is 14.9. The lowest BCUT2D eigenvalue weighted by Gasteiger charge is -2.15. The number of amides is 2. The molecule has 1 aliphatic rings. The Morgan fingerprint density at radius 3 is 2.26 bits per heavy atom. The molecule has 0 spiro atoms. The average Bonchev–Trinajstić information content (AvgIpc) is 2.80. The number of rotatable bonds is 3. The molecule has 0 fully saturated rings. The number of carbonyl (C=O) groups is 2. The fourth-order valence-electron chi connectivity index (χ4n) is 2.47. The van der Waals surface area contributed by atoms with Crippen LogP contribution in [0, 0.1) is 11.2 Å². The molecule has 0 aromatic heterocycles. The third kappa shape index (κ3) is 2.38. The van der Waals surface area contributed by atoms with Crippen molar-refractivity contribution in [3.8, 4) is 0 Å². The molecule has 2 aromatic carbocycles. The summed E-state index contributed by atoms with van der Waals surface area (Å²) in [5.41, 5.74) is 0.611. The Morgan fingerprint density at radius 2 is 1.74 bits per heavy atom. The lowest BCUT2D eigenvalue weighted by Crippen LogP contribution is -2.30. The van der Waals surface area contributed by atoms with E-state index in [1.807, 2.05) is 0 Å². The number of hydrogen-bond donors (Lipinski definition) is 1. The number of nitrogens with one attached hydrogen (secondary N) is 1. The third-order valence-corrected chi connectivity index (χ3v) is 3.53. The van der Waals surface area contributed by atoms with Crippen LogP contribution in [0.2, 0.25) is 0 Å². The van der Waals surface area contributed by atoms with Crippen molar-refractivity contribution in [3.63, 3.8) is 0 Å². The van der Waals surface area contributed by atoms with Gasteiger partial charge in [-0.25, -0.2) is 9.29 Å². The van der Waals surface area contributed by atoms with Crippen LogP contribution in [0.1, 0.15) is 33.2 Å². The van der Waals surface area contributed by atoms with Gasteiger partial charge in [0.15, 0.2) is 0 Å². The summed E-state index contributed by atoms with van der Waals surface area (Å²) in [7, 11) is 0. The summed E-state index contributed by atoms with van der Waals surface area (Å²) in [6.45, 7) is 2.01. The first-order valence-corrected chi connectivity index (χ1v) is 7.03. The fourth-order valence-corrected chi connectivity index (χ4v) is 2.47. The van der Waals surface area contributed by atoms with Crippen LogP contribution in [0.4, 0.5) is 10.1 Å². The summed E-state index contributed by atoms with van der Waals surface area (Å²) in [4.78, 5) is 25.5. The zero-order valence-electron chi connectivity index (χ0n) is 12.3. The summed E-state index contributed by atoms with van der Waals surface area (Å²) in [6.07, 6.45) is 0. The van der Waals surface area contributed by atoms with Crippen LogP contribution in [0.15, 0.2) is 42.5 Å². The minimum absolute atomic E-state index is 0.135. The van der Waals surface area contributed by atoms with Crippen molar-refractivity contribution >= 4 is 23.4 Å². The monoisotopic (exact) mass is 312 g/mol. The van der Waals surface area contributed by atoms with Crippen LogP contribution >= 0.6 is 0 Å². The molecule has 116 valence electrons. The van der Waals surface area contributed by atoms with Gasteiger partial charge in [-0.15, -0.1) is 0 Å². The number of fused-ring (bicyclic) bond motifs is 1. The second-order valence-electron chi connectivity index (χ2n) is 4.92. The second-order valence-corrected chi connectivity index (χ2v) is 4.92. The number of benzene rings is 2. The molecule has 2 amide bonds. The molecule has 2 aromatic rings. The highest BCUT2D eigenvalue weighted by molar-refractivity contribution is 6.34. The van der Waals surface area contributed by atoms with Gasteiger partial charge in [0.25, 0.3) is 11.8 Å². The SMILES string of the molecule is CCOC(=N)c1ccc(N2C(=O)c3ccccc3C2=O)c(F)c1. The highest BCUT2D eigenvalue weighted by atomic mass is 19.1. The maximum absolute atomic E-state index is 14.4. The van der Waals surface area contributed by atoms with Gasteiger partial charge in [0.1, 0.15) is 5.82 Å². The Labute approximate surface area is 131 Å². The summed E-state index contributed by atoms with van der Waals surface area (Å²) in [5.74, 6) is -2.05. The Kier molecular flexibility index (Phi) is 3.65. The van der Waals surface area contributed by atoms with Gasteiger partial charge in [0, 0.05) is 5.56 Å². The van der Waals surface area contributed by atoms with Gasteiger partial charge in [0.05, 0.1) is 23.4 Å². The molecule has 0 saturated carbocycles. The minimum atomic E-state index is -0.763. The largest absolute Gasteiger partial charge is 0.478 e. The second kappa shape index (κ2) is 5.64. The van der Waals surface area contributed by atoms with Crippen molar-refractivity contribution < 1.29 is 18.7 Å². The summed E-state index contributed by atoms with van der Waals surface area (Å²) < 4.78 is 19.4. The molecule has 23 heavy (non-hydrogen) atoms. The topological polar surface area (TPSA) is 70.5 Å². The van der Waals surface area contributed by atoms with Crippen LogP contribution in [0.25, 0.3) is 0 Å². The predicted octanol–water partition coefficient (Wildman–Crippen LogP) is 2.99. The third-order valence-electron chi connectivity index (χ3n) is 3.53. The van der Waals surface area contributed by atoms with Gasteiger partial charge < -0.3 is 4.74 Å². The van der Waals surface area contributed by atoms with Crippen molar-refractivity contribution in [2.24, 2.45) is 0 Å². The standard InChI is InChI=1S/C17H13FN2O3/c1-2-23-15(19)10-7-8-14(13(18)9-10)20-16(21)11-5-3-4-6-12(11)17(20)22/h3-9,19H,2H2,1H3. The van der Waals surface area contributed by atoms with Crippen LogP contribution in [0.5, 0.6) is 0 Å². The van der Waals surface area contributed by atoms with Gasteiger partial charge in [-0.05, 0) is 37.3 Å². The van der Waals surface area contributed by atoms with E-state index in [1.165, 1.54) is 24.3 Å². The molecule has 0 saturated heterocycles. The molecule has 0 radical (unpaired) electrons. The fraction of sp³-hybridized carbons (Fsp3) is 0.118. The number of hydrogen-bond acceptors (Lipinski definition) is 4. The normalized spacial score (nSPS) is 13.2. The van der Waals surface area contributed by atoms with E-state index in [9.17, 15) is 14.0 Å². The molecule has 6 heteroatoms. The smallest absolute Gasteiger partial charge is 0.266 e. The van der Waals surface area contributed by atoms with Crippen molar-refractivity contribution in [1.82, 2.24) is 0 Å². The zero-order chi connectivity index (χ0) is 16.6. The van der Waals surface area contributed by atoms with Gasteiger partial charge in [-0.3, -0.25) is 15.0 Å². The van der Waals surface area contributed by atoms with Crippen molar-refractivity contribution in [1.29, 1.82) is 5.41 Å². The van der Waals surface area contributed by atoms with E-state index in [-0.39, 0.29) is 28.3 Å². The van der Waals surface area contributed by atoms with Crippen LogP contribution in [-0.4, -0.2) is 24.3 Å². The number of imide groups is 1. The van der Waals surface area contributed by atoms with Gasteiger partial charge in [0.2, 0.25) is 5.90 Å². The maximum Gasteiger partial charge on any atom is 0.266 e. The van der Waals surface area contributed by atoms with Gasteiger partial charge >= 0.3 is 0 Å². The van der Waals surface area contributed by atoms with Gasteiger partial charge in [-0.1, -0.05) is 12.1 Å². The van der Waals surface area contributed by atoms with E-state index in [0.717, 1.165) is 11.0 Å². The maximum atomic E-state index is 14.4. The molecule has 1 heterocycles. The number of anilines is 1. The van der Waals surface area contributed by atoms with E-state index in [2.05, 4.69) is 0 Å². The lowest BCUT2D eigenvalue weighted by molar-refractivity contribution is 0.0925. The van der Waals surface area contributed by atoms with E-state index in [4.69, 9.17) is 10.1 Å². The van der Waals surface area contributed by atoms with Gasteiger partial charge in [-0.2, -0.15) is 0 Å².